The molecule has 19 heavy (non-hydrogen) atoms. The van der Waals surface area contributed by atoms with Crippen molar-refractivity contribution in [2.24, 2.45) is 5.92 Å². The van der Waals surface area contributed by atoms with E-state index in [2.05, 4.69) is 30.7 Å². The zero-order valence-electron chi connectivity index (χ0n) is 12.1. The molecule has 0 spiro atoms. The van der Waals surface area contributed by atoms with E-state index in [0.717, 1.165) is 35.5 Å². The van der Waals surface area contributed by atoms with Gasteiger partial charge in [-0.1, -0.05) is 44.1 Å². The van der Waals surface area contributed by atoms with Crippen molar-refractivity contribution >= 4 is 29.2 Å². The molecule has 0 radical (unpaired) electrons. The second-order valence-corrected chi connectivity index (χ2v) is 6.69. The van der Waals surface area contributed by atoms with Crippen molar-refractivity contribution in [3.05, 3.63) is 10.7 Å². The maximum Gasteiger partial charge on any atom is 0.190 e. The number of aromatic nitrogens is 2. The highest BCUT2D eigenvalue weighted by Crippen LogP contribution is 2.34. The third-order valence-electron chi connectivity index (χ3n) is 3.70. The summed E-state index contributed by atoms with van der Waals surface area (Å²) in [5.41, 5.74) is 1.09. The summed E-state index contributed by atoms with van der Waals surface area (Å²) in [5.74, 6) is 2.21. The lowest BCUT2D eigenvalue weighted by molar-refractivity contribution is 0.435. The van der Waals surface area contributed by atoms with Crippen LogP contribution in [0.5, 0.6) is 0 Å². The van der Waals surface area contributed by atoms with E-state index in [9.17, 15) is 0 Å². The highest BCUT2D eigenvalue weighted by atomic mass is 35.5. The fourth-order valence-corrected chi connectivity index (χ4v) is 3.25. The summed E-state index contributed by atoms with van der Waals surface area (Å²) >= 11 is 7.91. The molecule has 1 aromatic rings. The first-order chi connectivity index (χ1) is 9.02. The van der Waals surface area contributed by atoms with Gasteiger partial charge in [-0.25, -0.2) is 9.97 Å². The Kier molecular flexibility index (Phi) is 4.96. The van der Waals surface area contributed by atoms with Crippen LogP contribution in [0, 0.1) is 5.92 Å². The van der Waals surface area contributed by atoms with Crippen molar-refractivity contribution < 1.29 is 0 Å². The number of halogens is 1. The molecule has 0 amide bonds. The van der Waals surface area contributed by atoms with E-state index in [1.54, 1.807) is 11.8 Å². The first-order valence-corrected chi connectivity index (χ1v) is 8.49. The van der Waals surface area contributed by atoms with Crippen LogP contribution in [0.15, 0.2) is 5.16 Å². The first kappa shape index (κ1) is 14.9. The van der Waals surface area contributed by atoms with Crippen molar-refractivity contribution in [1.29, 1.82) is 0 Å². The monoisotopic (exact) mass is 299 g/mol. The maximum absolute atomic E-state index is 6.37. The van der Waals surface area contributed by atoms with Gasteiger partial charge in [-0.05, 0) is 30.9 Å². The second-order valence-electron chi connectivity index (χ2n) is 5.56. The minimum absolute atomic E-state index is 0.345. The van der Waals surface area contributed by atoms with Crippen LogP contribution in [0.1, 0.15) is 45.1 Å². The van der Waals surface area contributed by atoms with Gasteiger partial charge in [0.25, 0.3) is 0 Å². The predicted molar refractivity (Wildman–Crippen MR) is 83.5 cm³/mol. The second kappa shape index (κ2) is 6.31. The first-order valence-electron chi connectivity index (χ1n) is 6.89. The van der Waals surface area contributed by atoms with E-state index in [1.165, 1.54) is 12.8 Å². The van der Waals surface area contributed by atoms with Crippen LogP contribution in [0.4, 0.5) is 5.82 Å². The fourth-order valence-electron chi connectivity index (χ4n) is 2.46. The molecule has 0 atom stereocenters. The van der Waals surface area contributed by atoms with Crippen molar-refractivity contribution in [2.75, 3.05) is 24.2 Å². The predicted octanol–water partition coefficient (Wildman–Crippen LogP) is 4.21. The van der Waals surface area contributed by atoms with Gasteiger partial charge >= 0.3 is 0 Å². The van der Waals surface area contributed by atoms with E-state index in [4.69, 9.17) is 16.6 Å². The molecule has 2 heterocycles. The molecular formula is C14H22ClN3S. The van der Waals surface area contributed by atoms with Crippen LogP contribution in [-0.4, -0.2) is 29.3 Å². The van der Waals surface area contributed by atoms with Gasteiger partial charge in [-0.2, -0.15) is 0 Å². The third-order valence-corrected chi connectivity index (χ3v) is 4.54. The summed E-state index contributed by atoms with van der Waals surface area (Å²) in [6.45, 7) is 8.77. The molecular weight excluding hydrogens is 278 g/mol. The summed E-state index contributed by atoms with van der Waals surface area (Å²) in [7, 11) is 0. The van der Waals surface area contributed by atoms with Gasteiger partial charge in [0, 0.05) is 18.7 Å². The van der Waals surface area contributed by atoms with Crippen LogP contribution in [0.2, 0.25) is 5.15 Å². The average molecular weight is 300 g/mol. The molecule has 2 rings (SSSR count). The third kappa shape index (κ3) is 3.34. The Morgan fingerprint density at radius 2 is 1.89 bits per heavy atom. The Hall–Kier alpha value is -0.480. The van der Waals surface area contributed by atoms with E-state index in [1.807, 2.05) is 6.26 Å². The van der Waals surface area contributed by atoms with Gasteiger partial charge in [0.2, 0.25) is 0 Å². The van der Waals surface area contributed by atoms with Gasteiger partial charge in [0.1, 0.15) is 11.0 Å². The molecule has 0 N–H and O–H groups in total. The number of piperidine rings is 1. The molecule has 0 saturated carbocycles. The van der Waals surface area contributed by atoms with Crippen LogP contribution in [-0.2, 0) is 0 Å². The summed E-state index contributed by atoms with van der Waals surface area (Å²) in [6.07, 6.45) is 4.45. The lowest BCUT2D eigenvalue weighted by atomic mass is 9.98. The van der Waals surface area contributed by atoms with E-state index in [0.29, 0.717) is 11.1 Å². The fraction of sp³-hybridized carbons (Fsp3) is 0.714. The summed E-state index contributed by atoms with van der Waals surface area (Å²) in [4.78, 5) is 11.5. The molecule has 1 saturated heterocycles. The van der Waals surface area contributed by atoms with Gasteiger partial charge < -0.3 is 4.90 Å². The Morgan fingerprint density at radius 3 is 2.42 bits per heavy atom. The molecule has 0 aromatic carbocycles. The summed E-state index contributed by atoms with van der Waals surface area (Å²) in [6, 6.07) is 0. The molecule has 1 fully saturated rings. The minimum Gasteiger partial charge on any atom is -0.356 e. The number of thioether (sulfide) groups is 1. The highest BCUT2D eigenvalue weighted by Gasteiger charge is 2.23. The number of nitrogens with zero attached hydrogens (tertiary/aromatic N) is 3. The zero-order valence-corrected chi connectivity index (χ0v) is 13.7. The Balaban J connectivity index is 2.38. The average Bonchev–Trinajstić information content (AvgIpc) is 2.38. The Morgan fingerprint density at radius 1 is 1.26 bits per heavy atom. The number of anilines is 1. The minimum atomic E-state index is 0.345. The topological polar surface area (TPSA) is 29.0 Å². The Bertz CT molecular complexity index is 443. The van der Waals surface area contributed by atoms with Crippen molar-refractivity contribution in [3.8, 4) is 0 Å². The summed E-state index contributed by atoms with van der Waals surface area (Å²) in [5, 5.41) is 1.38. The van der Waals surface area contributed by atoms with Gasteiger partial charge in [-0.3, -0.25) is 0 Å². The Labute approximate surface area is 125 Å². The van der Waals surface area contributed by atoms with Crippen LogP contribution in [0.25, 0.3) is 0 Å². The maximum atomic E-state index is 6.37. The molecule has 0 bridgehead atoms. The number of rotatable bonds is 3. The SMILES string of the molecule is CSc1nc(Cl)c(C(C)C)c(N2CCC(C)CC2)n1. The molecule has 0 unspecified atom stereocenters. The normalized spacial score (nSPS) is 17.3. The van der Waals surface area contributed by atoms with Crippen molar-refractivity contribution in [3.63, 3.8) is 0 Å². The largest absolute Gasteiger partial charge is 0.356 e. The molecule has 106 valence electrons. The molecule has 1 aliphatic heterocycles. The van der Waals surface area contributed by atoms with E-state index in [-0.39, 0.29) is 0 Å². The molecule has 0 aliphatic carbocycles. The smallest absolute Gasteiger partial charge is 0.190 e. The molecule has 1 aliphatic rings. The number of hydrogen-bond donors (Lipinski definition) is 0. The van der Waals surface area contributed by atoms with Crippen LogP contribution in [0.3, 0.4) is 0 Å². The number of hydrogen-bond acceptors (Lipinski definition) is 4. The lowest BCUT2D eigenvalue weighted by Crippen LogP contribution is -2.34. The van der Waals surface area contributed by atoms with Crippen molar-refractivity contribution in [1.82, 2.24) is 9.97 Å². The highest BCUT2D eigenvalue weighted by molar-refractivity contribution is 7.98. The lowest BCUT2D eigenvalue weighted by Gasteiger charge is -2.33. The van der Waals surface area contributed by atoms with Crippen LogP contribution < -0.4 is 4.90 Å². The molecule has 1 aromatic heterocycles. The van der Waals surface area contributed by atoms with E-state index < -0.39 is 0 Å². The zero-order chi connectivity index (χ0) is 14.0. The van der Waals surface area contributed by atoms with Gasteiger partial charge in [-0.15, -0.1) is 0 Å². The molecule has 5 heteroatoms. The standard InChI is InChI=1S/C14H22ClN3S/c1-9(2)11-12(15)16-14(19-4)17-13(11)18-7-5-10(3)6-8-18/h9-10H,5-8H2,1-4H3. The van der Waals surface area contributed by atoms with Gasteiger partial charge in [0.15, 0.2) is 5.16 Å². The quantitative estimate of drug-likeness (QED) is 0.475. The van der Waals surface area contributed by atoms with E-state index >= 15 is 0 Å². The van der Waals surface area contributed by atoms with Crippen LogP contribution >= 0.6 is 23.4 Å². The molecule has 3 nitrogen and oxygen atoms in total. The van der Waals surface area contributed by atoms with Crippen molar-refractivity contribution in [2.45, 2.75) is 44.7 Å². The van der Waals surface area contributed by atoms with Gasteiger partial charge in [0.05, 0.1) is 0 Å². The summed E-state index contributed by atoms with van der Waals surface area (Å²) < 4.78 is 0.